The van der Waals surface area contributed by atoms with Gasteiger partial charge in [0.1, 0.15) is 11.6 Å². The van der Waals surface area contributed by atoms with E-state index < -0.39 is 12.0 Å². The SMILES string of the molecule is CCOC(=O)NC(=O)/C(C#N)=C/Nc1ccc(Cl)cc1. The molecule has 0 saturated carbocycles. The summed E-state index contributed by atoms with van der Waals surface area (Å²) in [5.74, 6) is -0.840. The minimum Gasteiger partial charge on any atom is -0.450 e. The van der Waals surface area contributed by atoms with E-state index in [0.717, 1.165) is 0 Å². The zero-order valence-electron chi connectivity index (χ0n) is 10.6. The fraction of sp³-hybridized carbons (Fsp3) is 0.154. The molecule has 0 aromatic heterocycles. The van der Waals surface area contributed by atoms with Crippen LogP contribution in [0.3, 0.4) is 0 Å². The third-order valence-corrected chi connectivity index (χ3v) is 2.34. The Morgan fingerprint density at radius 2 is 2.05 bits per heavy atom. The van der Waals surface area contributed by atoms with Gasteiger partial charge in [0, 0.05) is 16.9 Å². The van der Waals surface area contributed by atoms with E-state index in [9.17, 15) is 9.59 Å². The highest BCUT2D eigenvalue weighted by molar-refractivity contribution is 6.30. The van der Waals surface area contributed by atoms with Crippen LogP contribution in [0.1, 0.15) is 6.92 Å². The van der Waals surface area contributed by atoms with Crippen LogP contribution in [0.2, 0.25) is 5.02 Å². The Morgan fingerprint density at radius 1 is 1.40 bits per heavy atom. The molecule has 1 rings (SSSR count). The average Bonchev–Trinajstić information content (AvgIpc) is 2.41. The number of carbonyl (C=O) groups is 2. The van der Waals surface area contributed by atoms with E-state index in [1.165, 1.54) is 6.20 Å². The third kappa shape index (κ3) is 5.00. The van der Waals surface area contributed by atoms with Crippen LogP contribution in [0.5, 0.6) is 0 Å². The number of nitriles is 1. The molecule has 0 fully saturated rings. The molecule has 0 heterocycles. The Labute approximate surface area is 121 Å². The topological polar surface area (TPSA) is 91.2 Å². The highest BCUT2D eigenvalue weighted by atomic mass is 35.5. The number of carbonyl (C=O) groups excluding carboxylic acids is 2. The average molecular weight is 294 g/mol. The molecule has 0 aliphatic heterocycles. The third-order valence-electron chi connectivity index (χ3n) is 2.08. The first kappa shape index (κ1) is 15.5. The summed E-state index contributed by atoms with van der Waals surface area (Å²) in [6.07, 6.45) is 0.294. The summed E-state index contributed by atoms with van der Waals surface area (Å²) in [5.41, 5.74) is 0.388. The lowest BCUT2D eigenvalue weighted by molar-refractivity contribution is -0.116. The summed E-state index contributed by atoms with van der Waals surface area (Å²) in [6, 6.07) is 8.35. The number of hydrogen-bond acceptors (Lipinski definition) is 5. The summed E-state index contributed by atoms with van der Waals surface area (Å²) in [5, 5.41) is 14.1. The van der Waals surface area contributed by atoms with Gasteiger partial charge in [-0.15, -0.1) is 0 Å². The molecule has 7 heteroatoms. The minimum absolute atomic E-state index is 0.133. The Bertz CT molecular complexity index is 561. The number of ether oxygens (including phenoxy) is 1. The molecule has 0 bridgehead atoms. The van der Waals surface area contributed by atoms with Gasteiger partial charge in [-0.3, -0.25) is 10.1 Å². The fourth-order valence-electron chi connectivity index (χ4n) is 1.18. The second-order valence-electron chi connectivity index (χ2n) is 3.50. The van der Waals surface area contributed by atoms with Crippen molar-refractivity contribution >= 4 is 29.3 Å². The molecule has 0 saturated heterocycles. The Morgan fingerprint density at radius 3 is 2.60 bits per heavy atom. The van der Waals surface area contributed by atoms with Gasteiger partial charge in [-0.2, -0.15) is 5.26 Å². The van der Waals surface area contributed by atoms with E-state index in [1.54, 1.807) is 37.3 Å². The molecule has 20 heavy (non-hydrogen) atoms. The zero-order valence-corrected chi connectivity index (χ0v) is 11.4. The maximum Gasteiger partial charge on any atom is 0.414 e. The van der Waals surface area contributed by atoms with E-state index in [2.05, 4.69) is 10.1 Å². The fourth-order valence-corrected chi connectivity index (χ4v) is 1.30. The highest BCUT2D eigenvalue weighted by Crippen LogP contribution is 2.13. The summed E-state index contributed by atoms with van der Waals surface area (Å²) >= 11 is 5.73. The number of nitrogens with zero attached hydrogens (tertiary/aromatic N) is 1. The van der Waals surface area contributed by atoms with E-state index in [-0.39, 0.29) is 12.2 Å². The second kappa shape index (κ2) is 7.81. The van der Waals surface area contributed by atoms with E-state index in [0.29, 0.717) is 10.7 Å². The lowest BCUT2D eigenvalue weighted by Crippen LogP contribution is -2.32. The van der Waals surface area contributed by atoms with Gasteiger partial charge >= 0.3 is 6.09 Å². The first-order chi connectivity index (χ1) is 9.56. The van der Waals surface area contributed by atoms with Crippen molar-refractivity contribution in [3.05, 3.63) is 41.1 Å². The van der Waals surface area contributed by atoms with Crippen molar-refractivity contribution in [2.75, 3.05) is 11.9 Å². The van der Waals surface area contributed by atoms with Crippen LogP contribution in [-0.4, -0.2) is 18.6 Å². The monoisotopic (exact) mass is 293 g/mol. The zero-order chi connectivity index (χ0) is 15.0. The number of rotatable bonds is 4. The summed E-state index contributed by atoms with van der Waals surface area (Å²) in [4.78, 5) is 22.6. The van der Waals surface area contributed by atoms with Crippen LogP contribution in [-0.2, 0) is 9.53 Å². The number of alkyl carbamates (subject to hydrolysis) is 1. The van der Waals surface area contributed by atoms with Crippen molar-refractivity contribution in [3.63, 3.8) is 0 Å². The predicted molar refractivity (Wildman–Crippen MR) is 73.9 cm³/mol. The molecule has 0 unspecified atom stereocenters. The normalized spacial score (nSPS) is 10.3. The molecule has 6 nitrogen and oxygen atoms in total. The largest absolute Gasteiger partial charge is 0.450 e. The molecule has 0 atom stereocenters. The lowest BCUT2D eigenvalue weighted by Gasteiger charge is -2.04. The van der Waals surface area contributed by atoms with Crippen LogP contribution >= 0.6 is 11.6 Å². The molecule has 0 aliphatic rings. The van der Waals surface area contributed by atoms with Crippen molar-refractivity contribution in [1.82, 2.24) is 5.32 Å². The first-order valence-electron chi connectivity index (χ1n) is 5.67. The van der Waals surface area contributed by atoms with Gasteiger partial charge in [0.25, 0.3) is 5.91 Å². The lowest BCUT2D eigenvalue weighted by atomic mass is 10.3. The smallest absolute Gasteiger partial charge is 0.414 e. The molecule has 0 radical (unpaired) electrons. The van der Waals surface area contributed by atoms with Gasteiger partial charge < -0.3 is 10.1 Å². The molecular formula is C13H12ClN3O3. The van der Waals surface area contributed by atoms with Crippen molar-refractivity contribution < 1.29 is 14.3 Å². The molecule has 0 spiro atoms. The molecule has 2 N–H and O–H groups in total. The van der Waals surface area contributed by atoms with Gasteiger partial charge in [0.15, 0.2) is 0 Å². The Kier molecular flexibility index (Phi) is 6.07. The van der Waals surface area contributed by atoms with Gasteiger partial charge in [-0.25, -0.2) is 4.79 Å². The van der Waals surface area contributed by atoms with Crippen LogP contribution in [0.15, 0.2) is 36.0 Å². The van der Waals surface area contributed by atoms with Crippen molar-refractivity contribution in [2.45, 2.75) is 6.92 Å². The maximum absolute atomic E-state index is 11.6. The van der Waals surface area contributed by atoms with Crippen molar-refractivity contribution in [1.29, 1.82) is 5.26 Å². The van der Waals surface area contributed by atoms with Crippen molar-refractivity contribution in [3.8, 4) is 6.07 Å². The second-order valence-corrected chi connectivity index (χ2v) is 3.93. The summed E-state index contributed by atoms with van der Waals surface area (Å²) in [6.45, 7) is 1.74. The van der Waals surface area contributed by atoms with Gasteiger partial charge in [0.2, 0.25) is 0 Å². The van der Waals surface area contributed by atoms with Gasteiger partial charge in [-0.05, 0) is 31.2 Å². The van der Waals surface area contributed by atoms with E-state index in [1.807, 2.05) is 5.32 Å². The number of halogens is 1. The molecular weight excluding hydrogens is 282 g/mol. The first-order valence-corrected chi connectivity index (χ1v) is 6.05. The van der Waals surface area contributed by atoms with Crippen molar-refractivity contribution in [2.24, 2.45) is 0 Å². The number of benzene rings is 1. The highest BCUT2D eigenvalue weighted by Gasteiger charge is 2.13. The van der Waals surface area contributed by atoms with Crippen LogP contribution < -0.4 is 10.6 Å². The maximum atomic E-state index is 11.6. The standard InChI is InChI=1S/C13H12ClN3O3/c1-2-20-13(19)17-12(18)9(7-15)8-16-11-5-3-10(14)4-6-11/h3-6,8,16H,2H2,1H3,(H,17,18,19)/b9-8+. The van der Waals surface area contributed by atoms with E-state index in [4.69, 9.17) is 16.9 Å². The number of imide groups is 1. The molecule has 104 valence electrons. The Balaban J connectivity index is 2.68. The van der Waals surface area contributed by atoms with Crippen LogP contribution in [0, 0.1) is 11.3 Å². The number of amides is 2. The van der Waals surface area contributed by atoms with Gasteiger partial charge in [-0.1, -0.05) is 11.6 Å². The molecule has 1 aromatic carbocycles. The minimum atomic E-state index is -0.898. The predicted octanol–water partition coefficient (Wildman–Crippen LogP) is 2.43. The van der Waals surface area contributed by atoms with E-state index >= 15 is 0 Å². The number of anilines is 1. The molecule has 1 aromatic rings. The van der Waals surface area contributed by atoms with Crippen LogP contribution in [0.25, 0.3) is 0 Å². The summed E-state index contributed by atoms with van der Waals surface area (Å²) < 4.78 is 4.54. The van der Waals surface area contributed by atoms with Crippen LogP contribution in [0.4, 0.5) is 10.5 Å². The van der Waals surface area contributed by atoms with Gasteiger partial charge in [0.05, 0.1) is 6.61 Å². The molecule has 2 amide bonds. The summed E-state index contributed by atoms with van der Waals surface area (Å²) in [7, 11) is 0. The quantitative estimate of drug-likeness (QED) is 0.657. The number of nitrogens with one attached hydrogen (secondary N) is 2. The molecule has 0 aliphatic carbocycles. The Hall–Kier alpha value is -2.52. The number of hydrogen-bond donors (Lipinski definition) is 2.